The summed E-state index contributed by atoms with van der Waals surface area (Å²) in [5.74, 6) is 1.06. The molecule has 1 atom stereocenters. The van der Waals surface area contributed by atoms with Crippen molar-refractivity contribution in [2.45, 2.75) is 19.9 Å². The molecule has 3 aromatic rings. The van der Waals surface area contributed by atoms with E-state index in [1.165, 1.54) is 6.07 Å². The van der Waals surface area contributed by atoms with Gasteiger partial charge >= 0.3 is 0 Å². The Kier molecular flexibility index (Phi) is 6.76. The molecule has 1 unspecified atom stereocenters. The number of benzene rings is 2. The van der Waals surface area contributed by atoms with Crippen LogP contribution < -0.4 is 9.47 Å². The Bertz CT molecular complexity index is 1160. The average Bonchev–Trinajstić information content (AvgIpc) is 3.34. The maximum Gasteiger partial charge on any atom is 0.273 e. The molecule has 2 aromatic carbocycles. The minimum Gasteiger partial charge on any atom is -0.507 e. The fourth-order valence-electron chi connectivity index (χ4n) is 4.10. The minimum absolute atomic E-state index is 0.0249. The lowest BCUT2D eigenvalue weighted by Crippen LogP contribution is -2.32. The van der Waals surface area contributed by atoms with Gasteiger partial charge in [-0.05, 0) is 49.7 Å². The number of nitrogens with one attached hydrogen (secondary N) is 1. The molecule has 0 bridgehead atoms. The number of H-pyrrole nitrogens is 1. The van der Waals surface area contributed by atoms with Crippen LogP contribution in [0, 0.1) is 0 Å². The lowest BCUT2D eigenvalue weighted by atomic mass is 9.95. The molecule has 0 saturated carbocycles. The van der Waals surface area contributed by atoms with Gasteiger partial charge in [0.1, 0.15) is 17.1 Å². The zero-order valence-electron chi connectivity index (χ0n) is 18.7. The predicted molar refractivity (Wildman–Crippen MR) is 124 cm³/mol. The highest BCUT2D eigenvalue weighted by atomic mass is 35.5. The summed E-state index contributed by atoms with van der Waals surface area (Å²) in [6.45, 7) is 5.53. The van der Waals surface area contributed by atoms with Gasteiger partial charge in [0, 0.05) is 29.8 Å². The number of phenolic OH excluding ortho intramolecular Hbond substituents is 1. The van der Waals surface area contributed by atoms with Crippen molar-refractivity contribution in [3.63, 3.8) is 0 Å². The second-order valence-corrected chi connectivity index (χ2v) is 7.92. The number of methoxy groups -OCH3 is 1. The Labute approximate surface area is 197 Å². The maximum atomic E-state index is 13.3. The van der Waals surface area contributed by atoms with Crippen molar-refractivity contribution < 1.29 is 24.1 Å². The second kappa shape index (κ2) is 9.72. The number of phenols is 1. The zero-order valence-corrected chi connectivity index (χ0v) is 19.5. The minimum atomic E-state index is -0.468. The van der Waals surface area contributed by atoms with E-state index in [4.69, 9.17) is 25.8 Å². The van der Waals surface area contributed by atoms with Gasteiger partial charge in [-0.1, -0.05) is 17.7 Å². The molecule has 1 amide bonds. The number of carbonyl (C=O) groups is 1. The summed E-state index contributed by atoms with van der Waals surface area (Å²) >= 11 is 6.19. The Morgan fingerprint density at radius 3 is 2.61 bits per heavy atom. The average molecular weight is 472 g/mol. The van der Waals surface area contributed by atoms with E-state index in [-0.39, 0.29) is 11.7 Å². The topological polar surface area (TPSA) is 96.9 Å². The summed E-state index contributed by atoms with van der Waals surface area (Å²) in [5.41, 5.74) is 2.78. The van der Waals surface area contributed by atoms with Gasteiger partial charge in [-0.2, -0.15) is 5.10 Å². The first-order valence-corrected chi connectivity index (χ1v) is 11.1. The number of ether oxygens (including phenoxy) is 3. The van der Waals surface area contributed by atoms with Gasteiger partial charge in [-0.25, -0.2) is 0 Å². The van der Waals surface area contributed by atoms with E-state index in [0.29, 0.717) is 65.4 Å². The van der Waals surface area contributed by atoms with Crippen molar-refractivity contribution in [1.29, 1.82) is 0 Å². The van der Waals surface area contributed by atoms with Crippen LogP contribution in [0.25, 0.3) is 11.3 Å². The number of aromatic amines is 1. The van der Waals surface area contributed by atoms with Gasteiger partial charge in [-0.15, -0.1) is 0 Å². The molecule has 2 heterocycles. The first-order valence-electron chi connectivity index (χ1n) is 10.8. The molecule has 0 radical (unpaired) electrons. The van der Waals surface area contributed by atoms with Crippen LogP contribution in [0.1, 0.15) is 41.5 Å². The third kappa shape index (κ3) is 4.24. The van der Waals surface area contributed by atoms with Crippen LogP contribution in [-0.4, -0.2) is 59.6 Å². The van der Waals surface area contributed by atoms with E-state index in [1.54, 1.807) is 24.1 Å². The number of aromatic hydroxyl groups is 1. The number of rotatable bonds is 9. The molecule has 2 N–H and O–H groups in total. The first kappa shape index (κ1) is 22.9. The number of fused-ring (bicyclic) bond motifs is 1. The van der Waals surface area contributed by atoms with Crippen LogP contribution >= 0.6 is 11.6 Å². The Morgan fingerprint density at radius 1 is 1.12 bits per heavy atom. The lowest BCUT2D eigenvalue weighted by molar-refractivity contribution is 0.0677. The normalized spacial score (nSPS) is 15.1. The lowest BCUT2D eigenvalue weighted by Gasteiger charge is -2.27. The molecule has 4 rings (SSSR count). The Hall–Kier alpha value is -3.23. The Morgan fingerprint density at radius 2 is 1.88 bits per heavy atom. The van der Waals surface area contributed by atoms with Crippen LogP contribution in [0.5, 0.6) is 17.2 Å². The number of halogens is 1. The number of hydrogen-bond donors (Lipinski definition) is 2. The zero-order chi connectivity index (χ0) is 23.5. The molecular formula is C24H26ClN3O5. The summed E-state index contributed by atoms with van der Waals surface area (Å²) in [7, 11) is 1.59. The van der Waals surface area contributed by atoms with E-state index in [9.17, 15) is 9.90 Å². The summed E-state index contributed by atoms with van der Waals surface area (Å²) < 4.78 is 16.8. The quantitative estimate of drug-likeness (QED) is 0.479. The van der Waals surface area contributed by atoms with Crippen LogP contribution in [-0.2, 0) is 4.74 Å². The fourth-order valence-corrected chi connectivity index (χ4v) is 4.28. The van der Waals surface area contributed by atoms with Gasteiger partial charge in [0.15, 0.2) is 11.5 Å². The van der Waals surface area contributed by atoms with E-state index in [2.05, 4.69) is 10.2 Å². The highest BCUT2D eigenvalue weighted by molar-refractivity contribution is 6.31. The van der Waals surface area contributed by atoms with Gasteiger partial charge in [-0.3, -0.25) is 9.89 Å². The molecular weight excluding hydrogens is 446 g/mol. The molecule has 9 heteroatoms. The van der Waals surface area contributed by atoms with Crippen molar-refractivity contribution in [2.75, 3.05) is 33.5 Å². The van der Waals surface area contributed by atoms with Gasteiger partial charge in [0.25, 0.3) is 5.91 Å². The van der Waals surface area contributed by atoms with E-state index >= 15 is 0 Å². The number of nitrogens with zero attached hydrogens (tertiary/aromatic N) is 2. The van der Waals surface area contributed by atoms with E-state index in [1.807, 2.05) is 32.0 Å². The van der Waals surface area contributed by atoms with Crippen molar-refractivity contribution in [3.05, 3.63) is 58.2 Å². The van der Waals surface area contributed by atoms with Gasteiger partial charge < -0.3 is 24.2 Å². The third-order valence-corrected chi connectivity index (χ3v) is 5.73. The van der Waals surface area contributed by atoms with Crippen molar-refractivity contribution >= 4 is 17.5 Å². The summed E-state index contributed by atoms with van der Waals surface area (Å²) in [5, 5.41) is 18.2. The first-order chi connectivity index (χ1) is 16.0. The summed E-state index contributed by atoms with van der Waals surface area (Å²) in [6.07, 6.45) is 0. The highest BCUT2D eigenvalue weighted by Crippen LogP contribution is 2.46. The number of aromatic nitrogens is 2. The molecule has 8 nitrogen and oxygen atoms in total. The van der Waals surface area contributed by atoms with Gasteiger partial charge in [0.2, 0.25) is 0 Å². The summed E-state index contributed by atoms with van der Waals surface area (Å²) in [4.78, 5) is 15.0. The molecule has 0 spiro atoms. The standard InChI is InChI=1S/C24H26ClN3O5/c1-4-32-18-9-6-14(12-19(18)33-5-2)23-20-21(16-13-15(25)7-8-17(16)29)26-27-22(20)24(30)28(23)10-11-31-3/h6-9,12-13,23,29H,4-5,10-11H2,1-3H3,(H,26,27). The molecule has 1 aromatic heterocycles. The predicted octanol–water partition coefficient (Wildman–Crippen LogP) is 4.42. The molecule has 174 valence electrons. The smallest absolute Gasteiger partial charge is 0.273 e. The number of amides is 1. The highest BCUT2D eigenvalue weighted by Gasteiger charge is 2.42. The molecule has 0 saturated heterocycles. The van der Waals surface area contributed by atoms with Crippen LogP contribution in [0.4, 0.5) is 0 Å². The summed E-state index contributed by atoms with van der Waals surface area (Å²) in [6, 6.07) is 9.92. The number of hydrogen-bond acceptors (Lipinski definition) is 6. The molecule has 1 aliphatic heterocycles. The van der Waals surface area contributed by atoms with E-state index in [0.717, 1.165) is 5.56 Å². The SMILES string of the molecule is CCOc1ccc(C2c3c(-c4cc(Cl)ccc4O)n[nH]c3C(=O)N2CCOC)cc1OCC. The third-order valence-electron chi connectivity index (χ3n) is 5.50. The van der Waals surface area contributed by atoms with Crippen molar-refractivity contribution in [3.8, 4) is 28.5 Å². The monoisotopic (exact) mass is 471 g/mol. The second-order valence-electron chi connectivity index (χ2n) is 7.49. The van der Waals surface area contributed by atoms with Gasteiger partial charge in [0.05, 0.1) is 25.9 Å². The van der Waals surface area contributed by atoms with Crippen LogP contribution in [0.15, 0.2) is 36.4 Å². The molecule has 0 fully saturated rings. The molecule has 0 aliphatic carbocycles. The van der Waals surface area contributed by atoms with Crippen molar-refractivity contribution in [2.24, 2.45) is 0 Å². The van der Waals surface area contributed by atoms with Crippen LogP contribution in [0.3, 0.4) is 0 Å². The van der Waals surface area contributed by atoms with E-state index < -0.39 is 6.04 Å². The largest absolute Gasteiger partial charge is 0.507 e. The molecule has 1 aliphatic rings. The molecule has 33 heavy (non-hydrogen) atoms. The van der Waals surface area contributed by atoms with Crippen molar-refractivity contribution in [1.82, 2.24) is 15.1 Å². The number of carbonyl (C=O) groups excluding carboxylic acids is 1. The fraction of sp³-hybridized carbons (Fsp3) is 0.333. The van der Waals surface area contributed by atoms with Crippen LogP contribution in [0.2, 0.25) is 5.02 Å². The Balaban J connectivity index is 1.88. The maximum absolute atomic E-state index is 13.3.